The van der Waals surface area contributed by atoms with E-state index in [1.165, 1.54) is 0 Å². The molecule has 1 aromatic rings. The summed E-state index contributed by atoms with van der Waals surface area (Å²) >= 11 is 0. The third kappa shape index (κ3) is 3.69. The van der Waals surface area contributed by atoms with Crippen molar-refractivity contribution >= 4 is 18.7 Å². The topological polar surface area (TPSA) is 68.2 Å². The molecule has 4 rings (SSSR count). The Bertz CT molecular complexity index is 764. The lowest BCUT2D eigenvalue weighted by molar-refractivity contribution is -0.0572. The van der Waals surface area contributed by atoms with Gasteiger partial charge in [-0.25, -0.2) is 4.79 Å². The Morgan fingerprint density at radius 3 is 2.24 bits per heavy atom. The van der Waals surface area contributed by atoms with Crippen LogP contribution in [0, 0.1) is 0 Å². The second-order valence-corrected chi connectivity index (χ2v) is 9.82. The van der Waals surface area contributed by atoms with E-state index in [2.05, 4.69) is 0 Å². The molecule has 0 bridgehead atoms. The van der Waals surface area contributed by atoms with E-state index in [1.807, 2.05) is 58.9 Å². The van der Waals surface area contributed by atoms with E-state index < -0.39 is 12.7 Å². The highest BCUT2D eigenvalue weighted by molar-refractivity contribution is 6.62. The highest BCUT2D eigenvalue weighted by atomic mass is 16.7. The Balaban J connectivity index is 1.43. The summed E-state index contributed by atoms with van der Waals surface area (Å²) in [4.78, 5) is 14.5. The first-order valence-corrected chi connectivity index (χ1v) is 10.7. The Labute approximate surface area is 173 Å². The van der Waals surface area contributed by atoms with Crippen molar-refractivity contribution < 1.29 is 23.9 Å². The van der Waals surface area contributed by atoms with E-state index >= 15 is 0 Å². The third-order valence-electron chi connectivity index (χ3n) is 7.30. The molecule has 2 aliphatic heterocycles. The summed E-state index contributed by atoms with van der Waals surface area (Å²) in [5.74, 6) is 0. The molecule has 0 radical (unpaired) electrons. The van der Waals surface area contributed by atoms with Crippen LogP contribution in [0.15, 0.2) is 24.3 Å². The van der Waals surface area contributed by atoms with Gasteiger partial charge in [0.1, 0.15) is 5.60 Å². The molecule has 3 fully saturated rings. The van der Waals surface area contributed by atoms with Crippen molar-refractivity contribution in [3.63, 3.8) is 0 Å². The van der Waals surface area contributed by atoms with Gasteiger partial charge in [0.2, 0.25) is 0 Å². The third-order valence-corrected chi connectivity index (χ3v) is 7.30. The van der Waals surface area contributed by atoms with E-state index in [0.29, 0.717) is 19.4 Å². The van der Waals surface area contributed by atoms with E-state index in [1.54, 1.807) is 4.90 Å². The second-order valence-electron chi connectivity index (χ2n) is 9.82. The predicted molar refractivity (Wildman–Crippen MR) is 111 cm³/mol. The van der Waals surface area contributed by atoms with Crippen LogP contribution in [0.5, 0.6) is 0 Å². The maximum atomic E-state index is 12.7. The molecule has 7 heteroatoms. The summed E-state index contributed by atoms with van der Waals surface area (Å²) in [5, 5.41) is 9.84. The molecule has 1 spiro atoms. The van der Waals surface area contributed by atoms with Crippen molar-refractivity contribution in [3.8, 4) is 0 Å². The fourth-order valence-electron chi connectivity index (χ4n) is 4.54. The van der Waals surface area contributed by atoms with Crippen molar-refractivity contribution in [3.05, 3.63) is 29.8 Å². The van der Waals surface area contributed by atoms with Crippen molar-refractivity contribution in [2.75, 3.05) is 6.54 Å². The molecular formula is C22H32BNO5. The first-order valence-electron chi connectivity index (χ1n) is 10.7. The zero-order valence-electron chi connectivity index (χ0n) is 18.1. The quantitative estimate of drug-likeness (QED) is 0.789. The van der Waals surface area contributed by atoms with Gasteiger partial charge < -0.3 is 24.1 Å². The minimum Gasteiger partial charge on any atom is -0.443 e. The Morgan fingerprint density at radius 1 is 1.10 bits per heavy atom. The summed E-state index contributed by atoms with van der Waals surface area (Å²) in [6, 6.07) is 8.00. The number of aliphatic hydroxyl groups is 1. The SMILES string of the molecule is C[C@@H](c1ccc(B2OC(C)(C)C(C)(C)O2)cc1)N1CC[C@@]2(CC[C@@H](O)C2)OC1=O. The minimum atomic E-state index is -0.465. The number of carbonyl (C=O) groups excluding carboxylic acids is 1. The lowest BCUT2D eigenvalue weighted by atomic mass is 9.78. The number of carbonyl (C=O) groups is 1. The number of ether oxygens (including phenoxy) is 1. The molecule has 1 aliphatic carbocycles. The van der Waals surface area contributed by atoms with E-state index in [9.17, 15) is 9.90 Å². The van der Waals surface area contributed by atoms with Crippen LogP contribution in [-0.4, -0.2) is 52.7 Å². The average molecular weight is 401 g/mol. The molecule has 0 aromatic heterocycles. The zero-order chi connectivity index (χ0) is 21.0. The van der Waals surface area contributed by atoms with E-state index in [-0.39, 0.29) is 29.4 Å². The lowest BCUT2D eigenvalue weighted by Crippen LogP contribution is -2.49. The van der Waals surface area contributed by atoms with Gasteiger partial charge in [0, 0.05) is 19.4 Å². The molecule has 3 atom stereocenters. The van der Waals surface area contributed by atoms with Crippen LogP contribution in [0.4, 0.5) is 4.79 Å². The number of nitrogens with zero attached hydrogens (tertiary/aromatic N) is 1. The number of rotatable bonds is 3. The van der Waals surface area contributed by atoms with Crippen molar-refractivity contribution in [2.45, 2.75) is 89.3 Å². The molecule has 158 valence electrons. The molecule has 2 saturated heterocycles. The fraction of sp³-hybridized carbons (Fsp3) is 0.682. The first kappa shape index (κ1) is 20.7. The number of amides is 1. The smallest absolute Gasteiger partial charge is 0.443 e. The van der Waals surface area contributed by atoms with Crippen LogP contribution in [0.3, 0.4) is 0 Å². The van der Waals surface area contributed by atoms with Crippen molar-refractivity contribution in [1.82, 2.24) is 4.90 Å². The number of hydrogen-bond donors (Lipinski definition) is 1. The Kier molecular flexibility index (Phi) is 4.99. The molecule has 2 heterocycles. The van der Waals surface area contributed by atoms with Gasteiger partial charge in [0.25, 0.3) is 0 Å². The molecule has 1 amide bonds. The van der Waals surface area contributed by atoms with Gasteiger partial charge >= 0.3 is 13.2 Å². The zero-order valence-corrected chi connectivity index (χ0v) is 18.1. The fourth-order valence-corrected chi connectivity index (χ4v) is 4.54. The molecule has 1 saturated carbocycles. The average Bonchev–Trinajstić information content (AvgIpc) is 3.10. The molecule has 0 unspecified atom stereocenters. The molecule has 29 heavy (non-hydrogen) atoms. The van der Waals surface area contributed by atoms with Crippen LogP contribution in [0.25, 0.3) is 0 Å². The van der Waals surface area contributed by atoms with Gasteiger partial charge in [-0.15, -0.1) is 0 Å². The Morgan fingerprint density at radius 2 is 1.72 bits per heavy atom. The van der Waals surface area contributed by atoms with Crippen LogP contribution in [-0.2, 0) is 14.0 Å². The van der Waals surface area contributed by atoms with Crippen molar-refractivity contribution in [2.24, 2.45) is 0 Å². The van der Waals surface area contributed by atoms with Gasteiger partial charge in [-0.05, 0) is 58.5 Å². The van der Waals surface area contributed by atoms with Gasteiger partial charge in [-0.1, -0.05) is 24.3 Å². The molecule has 1 aromatic carbocycles. The maximum Gasteiger partial charge on any atom is 0.494 e. The van der Waals surface area contributed by atoms with Crippen molar-refractivity contribution in [1.29, 1.82) is 0 Å². The molecule has 3 aliphatic rings. The van der Waals surface area contributed by atoms with Crippen LogP contribution in [0.2, 0.25) is 0 Å². The minimum absolute atomic E-state index is 0.0847. The Hall–Kier alpha value is -1.57. The summed E-state index contributed by atoms with van der Waals surface area (Å²) in [7, 11) is -0.391. The van der Waals surface area contributed by atoms with Gasteiger partial charge in [0.15, 0.2) is 0 Å². The number of aliphatic hydroxyl groups excluding tert-OH is 1. The molecular weight excluding hydrogens is 369 g/mol. The number of hydrogen-bond acceptors (Lipinski definition) is 5. The summed E-state index contributed by atoms with van der Waals surface area (Å²) in [6.45, 7) is 10.8. The predicted octanol–water partition coefficient (Wildman–Crippen LogP) is 3.17. The molecule has 1 N–H and O–H groups in total. The molecule has 6 nitrogen and oxygen atoms in total. The largest absolute Gasteiger partial charge is 0.494 e. The van der Waals surface area contributed by atoms with Gasteiger partial charge in [0.05, 0.1) is 23.3 Å². The first-order chi connectivity index (χ1) is 13.5. The van der Waals surface area contributed by atoms with Gasteiger partial charge in [-0.2, -0.15) is 0 Å². The highest BCUT2D eigenvalue weighted by Crippen LogP contribution is 2.41. The maximum absolute atomic E-state index is 12.7. The normalized spacial score (nSPS) is 31.9. The monoisotopic (exact) mass is 401 g/mol. The van der Waals surface area contributed by atoms with E-state index in [4.69, 9.17) is 14.0 Å². The van der Waals surface area contributed by atoms with Gasteiger partial charge in [-0.3, -0.25) is 0 Å². The highest BCUT2D eigenvalue weighted by Gasteiger charge is 2.52. The van der Waals surface area contributed by atoms with Crippen LogP contribution in [0.1, 0.15) is 71.9 Å². The standard InChI is InChI=1S/C22H32BNO5/c1-15(24-13-12-22(27-19(24)26)11-10-18(25)14-22)16-6-8-17(9-7-16)23-28-20(2,3)21(4,5)29-23/h6-9,15,18,25H,10-14H2,1-5H3/t15-,18+,22+/m0/s1. The summed E-state index contributed by atoms with van der Waals surface area (Å²) in [6.07, 6.45) is 2.16. The summed E-state index contributed by atoms with van der Waals surface area (Å²) < 4.78 is 18.0. The van der Waals surface area contributed by atoms with E-state index in [0.717, 1.165) is 23.9 Å². The summed E-state index contributed by atoms with van der Waals surface area (Å²) in [5.41, 5.74) is 0.813. The van der Waals surface area contributed by atoms with Crippen LogP contribution >= 0.6 is 0 Å². The second kappa shape index (κ2) is 7.00. The lowest BCUT2D eigenvalue weighted by Gasteiger charge is -2.41. The van der Waals surface area contributed by atoms with Crippen LogP contribution < -0.4 is 5.46 Å². The number of benzene rings is 1.